The van der Waals surface area contributed by atoms with Gasteiger partial charge in [0.15, 0.2) is 0 Å². The van der Waals surface area contributed by atoms with Crippen molar-refractivity contribution in [2.45, 2.75) is 19.9 Å². The molecular formula is C14H15N3O3. The van der Waals surface area contributed by atoms with Gasteiger partial charge in [-0.15, -0.1) is 0 Å². The fraction of sp³-hybridized carbons (Fsp3) is 0.214. The van der Waals surface area contributed by atoms with Gasteiger partial charge in [0.2, 0.25) is 5.88 Å². The number of ether oxygens (including phenoxy) is 1. The van der Waals surface area contributed by atoms with Crippen LogP contribution in [0.4, 0.5) is 5.69 Å². The number of nitro groups is 1. The van der Waals surface area contributed by atoms with Gasteiger partial charge < -0.3 is 10.5 Å². The molecule has 0 fully saturated rings. The predicted octanol–water partition coefficient (Wildman–Crippen LogP) is 3.11. The van der Waals surface area contributed by atoms with Crippen molar-refractivity contribution in [3.63, 3.8) is 0 Å². The Morgan fingerprint density at radius 2 is 2.10 bits per heavy atom. The highest BCUT2D eigenvalue weighted by Gasteiger charge is 2.10. The number of nitrogens with two attached hydrogens (primary N) is 1. The minimum absolute atomic E-state index is 0.0344. The molecule has 104 valence electrons. The highest BCUT2D eigenvalue weighted by atomic mass is 16.6. The number of aromatic nitrogens is 1. The van der Waals surface area contributed by atoms with Gasteiger partial charge in [-0.3, -0.25) is 10.1 Å². The second-order valence-corrected chi connectivity index (χ2v) is 4.53. The van der Waals surface area contributed by atoms with Crippen LogP contribution in [0.3, 0.4) is 0 Å². The van der Waals surface area contributed by atoms with Crippen molar-refractivity contribution in [3.05, 3.63) is 57.8 Å². The lowest BCUT2D eigenvalue weighted by molar-refractivity contribution is -0.384. The average molecular weight is 273 g/mol. The molecule has 0 bridgehead atoms. The van der Waals surface area contributed by atoms with Gasteiger partial charge in [0, 0.05) is 30.4 Å². The molecule has 0 radical (unpaired) electrons. The third-order valence-corrected chi connectivity index (χ3v) is 2.87. The standard InChI is InChI=1S/C14H15N3O3/c1-9-7-12(17(18)19)3-4-13(9)20-14-8-11(10(2)15)5-6-16-14/h3-8,10H,15H2,1-2H3. The first-order chi connectivity index (χ1) is 9.47. The van der Waals surface area contributed by atoms with Crippen LogP contribution in [0, 0.1) is 17.0 Å². The molecule has 0 aliphatic carbocycles. The summed E-state index contributed by atoms with van der Waals surface area (Å²) in [6.45, 7) is 3.62. The van der Waals surface area contributed by atoms with E-state index in [4.69, 9.17) is 10.5 Å². The summed E-state index contributed by atoms with van der Waals surface area (Å²) in [7, 11) is 0. The third kappa shape index (κ3) is 3.10. The lowest BCUT2D eigenvalue weighted by Gasteiger charge is -2.10. The molecule has 0 saturated carbocycles. The minimum Gasteiger partial charge on any atom is -0.439 e. The Morgan fingerprint density at radius 1 is 1.35 bits per heavy atom. The Balaban J connectivity index is 2.26. The SMILES string of the molecule is Cc1cc([N+](=O)[O-])ccc1Oc1cc(C(C)N)ccn1. The Kier molecular flexibility index (Phi) is 3.95. The second-order valence-electron chi connectivity index (χ2n) is 4.53. The number of rotatable bonds is 4. The van der Waals surface area contributed by atoms with Crippen LogP contribution in [0.1, 0.15) is 24.1 Å². The molecular weight excluding hydrogens is 258 g/mol. The lowest BCUT2D eigenvalue weighted by Crippen LogP contribution is -2.05. The zero-order valence-electron chi connectivity index (χ0n) is 11.2. The van der Waals surface area contributed by atoms with E-state index in [9.17, 15) is 10.1 Å². The van der Waals surface area contributed by atoms with Gasteiger partial charge in [0.05, 0.1) is 4.92 Å². The maximum atomic E-state index is 10.7. The molecule has 20 heavy (non-hydrogen) atoms. The van der Waals surface area contributed by atoms with E-state index in [1.54, 1.807) is 25.3 Å². The average Bonchev–Trinajstić information content (AvgIpc) is 2.41. The molecule has 1 aromatic carbocycles. The van der Waals surface area contributed by atoms with Gasteiger partial charge in [-0.1, -0.05) is 0 Å². The summed E-state index contributed by atoms with van der Waals surface area (Å²) in [5.74, 6) is 0.946. The number of aryl methyl sites for hydroxylation is 1. The van der Waals surface area contributed by atoms with Crippen LogP contribution in [0.25, 0.3) is 0 Å². The summed E-state index contributed by atoms with van der Waals surface area (Å²) in [5.41, 5.74) is 7.42. The van der Waals surface area contributed by atoms with Gasteiger partial charge in [-0.2, -0.15) is 0 Å². The van der Waals surface area contributed by atoms with Gasteiger partial charge in [0.1, 0.15) is 5.75 Å². The van der Waals surface area contributed by atoms with Crippen molar-refractivity contribution in [2.24, 2.45) is 5.73 Å². The van der Waals surface area contributed by atoms with Crippen LogP contribution in [-0.4, -0.2) is 9.91 Å². The minimum atomic E-state index is -0.439. The van der Waals surface area contributed by atoms with Gasteiger partial charge in [-0.05, 0) is 37.1 Å². The highest BCUT2D eigenvalue weighted by Crippen LogP contribution is 2.27. The van der Waals surface area contributed by atoms with E-state index in [-0.39, 0.29) is 11.7 Å². The van der Waals surface area contributed by atoms with Crippen molar-refractivity contribution in [1.82, 2.24) is 4.98 Å². The summed E-state index contributed by atoms with van der Waals surface area (Å²) in [6, 6.07) is 7.89. The molecule has 2 N–H and O–H groups in total. The Labute approximate surface area is 116 Å². The van der Waals surface area contributed by atoms with Gasteiger partial charge in [-0.25, -0.2) is 4.98 Å². The smallest absolute Gasteiger partial charge is 0.269 e. The number of benzene rings is 1. The van der Waals surface area contributed by atoms with Crippen molar-refractivity contribution < 1.29 is 9.66 Å². The summed E-state index contributed by atoms with van der Waals surface area (Å²) >= 11 is 0. The van der Waals surface area contributed by atoms with E-state index >= 15 is 0 Å². The van der Waals surface area contributed by atoms with Crippen LogP contribution in [0.5, 0.6) is 11.6 Å². The summed E-state index contributed by atoms with van der Waals surface area (Å²) in [6.07, 6.45) is 1.62. The van der Waals surface area contributed by atoms with E-state index in [1.165, 1.54) is 12.1 Å². The Bertz CT molecular complexity index is 641. The van der Waals surface area contributed by atoms with Crippen molar-refractivity contribution >= 4 is 5.69 Å². The molecule has 6 heteroatoms. The normalized spacial score (nSPS) is 11.9. The zero-order valence-corrected chi connectivity index (χ0v) is 11.2. The molecule has 2 rings (SSSR count). The van der Waals surface area contributed by atoms with E-state index in [0.29, 0.717) is 17.2 Å². The molecule has 0 aliphatic rings. The maximum absolute atomic E-state index is 10.7. The summed E-state index contributed by atoms with van der Waals surface area (Å²) in [4.78, 5) is 14.3. The lowest BCUT2D eigenvalue weighted by atomic mass is 10.1. The Hall–Kier alpha value is -2.47. The van der Waals surface area contributed by atoms with Crippen molar-refractivity contribution in [2.75, 3.05) is 0 Å². The molecule has 0 aliphatic heterocycles. The van der Waals surface area contributed by atoms with Crippen LogP contribution in [0.15, 0.2) is 36.5 Å². The van der Waals surface area contributed by atoms with Crippen molar-refractivity contribution in [1.29, 1.82) is 0 Å². The number of nitro benzene ring substituents is 1. The quantitative estimate of drug-likeness (QED) is 0.682. The largest absolute Gasteiger partial charge is 0.439 e. The molecule has 1 unspecified atom stereocenters. The van der Waals surface area contributed by atoms with Crippen LogP contribution >= 0.6 is 0 Å². The van der Waals surface area contributed by atoms with Crippen molar-refractivity contribution in [3.8, 4) is 11.6 Å². The van der Waals surface area contributed by atoms with E-state index in [0.717, 1.165) is 5.56 Å². The van der Waals surface area contributed by atoms with Crippen LogP contribution in [-0.2, 0) is 0 Å². The molecule has 1 aromatic heterocycles. The maximum Gasteiger partial charge on any atom is 0.269 e. The van der Waals surface area contributed by atoms with Gasteiger partial charge in [0.25, 0.3) is 5.69 Å². The van der Waals surface area contributed by atoms with Crippen LogP contribution < -0.4 is 10.5 Å². The number of hydrogen-bond acceptors (Lipinski definition) is 5. The van der Waals surface area contributed by atoms with E-state index in [2.05, 4.69) is 4.98 Å². The number of non-ortho nitro benzene ring substituents is 1. The molecule has 1 heterocycles. The third-order valence-electron chi connectivity index (χ3n) is 2.87. The highest BCUT2D eigenvalue weighted by molar-refractivity contribution is 5.44. The monoisotopic (exact) mass is 273 g/mol. The predicted molar refractivity (Wildman–Crippen MR) is 74.7 cm³/mol. The fourth-order valence-corrected chi connectivity index (χ4v) is 1.74. The number of hydrogen-bond donors (Lipinski definition) is 1. The fourth-order valence-electron chi connectivity index (χ4n) is 1.74. The van der Waals surface area contributed by atoms with Gasteiger partial charge >= 0.3 is 0 Å². The molecule has 2 aromatic rings. The number of pyridine rings is 1. The first-order valence-corrected chi connectivity index (χ1v) is 6.12. The second kappa shape index (κ2) is 5.66. The van der Waals surface area contributed by atoms with Crippen LogP contribution in [0.2, 0.25) is 0 Å². The topological polar surface area (TPSA) is 91.3 Å². The molecule has 0 amide bonds. The molecule has 0 spiro atoms. The van der Waals surface area contributed by atoms with E-state index in [1.807, 2.05) is 13.0 Å². The number of nitrogens with zero attached hydrogens (tertiary/aromatic N) is 2. The Morgan fingerprint density at radius 3 is 2.70 bits per heavy atom. The van der Waals surface area contributed by atoms with E-state index < -0.39 is 4.92 Å². The first-order valence-electron chi connectivity index (χ1n) is 6.12. The molecule has 1 atom stereocenters. The molecule has 0 saturated heterocycles. The molecule has 6 nitrogen and oxygen atoms in total. The summed E-state index contributed by atoms with van der Waals surface area (Å²) < 4.78 is 5.65. The zero-order chi connectivity index (χ0) is 14.7. The first kappa shape index (κ1) is 14.0. The summed E-state index contributed by atoms with van der Waals surface area (Å²) in [5, 5.41) is 10.7.